The number of cyclic esters (lactones) is 1. The molecule has 30 heavy (non-hydrogen) atoms. The summed E-state index contributed by atoms with van der Waals surface area (Å²) in [6.07, 6.45) is 1.74. The second-order valence-electron chi connectivity index (χ2n) is 6.43. The standard InChI is InChI=1S/C23H14BrI2NO3/c24-17-8-6-16(7-9-17)22-27-20(23(28)30-22)12-15-10-18(25)21(19(26)11-15)29-13-14-4-2-1-3-5-14/h1-12H,13H2/b20-12-. The number of aliphatic imine (C=N–C) groups is 1. The molecule has 0 saturated carbocycles. The Morgan fingerprint density at radius 1 is 1.00 bits per heavy atom. The van der Waals surface area contributed by atoms with Gasteiger partial charge in [0.05, 0.1) is 7.14 Å². The Balaban J connectivity index is 1.56. The molecule has 0 atom stereocenters. The molecule has 3 aromatic carbocycles. The summed E-state index contributed by atoms with van der Waals surface area (Å²) >= 11 is 7.89. The van der Waals surface area contributed by atoms with Crippen LogP contribution in [0.25, 0.3) is 6.08 Å². The maximum absolute atomic E-state index is 12.3. The van der Waals surface area contributed by atoms with Crippen LogP contribution in [0.4, 0.5) is 0 Å². The van der Waals surface area contributed by atoms with E-state index in [-0.39, 0.29) is 5.70 Å². The van der Waals surface area contributed by atoms with E-state index in [2.05, 4.69) is 66.1 Å². The predicted molar refractivity (Wildman–Crippen MR) is 137 cm³/mol. The van der Waals surface area contributed by atoms with Crippen molar-refractivity contribution in [2.75, 3.05) is 0 Å². The fourth-order valence-corrected chi connectivity index (χ4v) is 5.21. The molecule has 0 aliphatic carbocycles. The summed E-state index contributed by atoms with van der Waals surface area (Å²) in [5.41, 5.74) is 3.00. The first-order valence-electron chi connectivity index (χ1n) is 8.94. The first-order valence-corrected chi connectivity index (χ1v) is 11.9. The molecule has 1 aliphatic rings. The highest BCUT2D eigenvalue weighted by molar-refractivity contribution is 14.1. The highest BCUT2D eigenvalue weighted by Gasteiger charge is 2.24. The lowest BCUT2D eigenvalue weighted by molar-refractivity contribution is -0.129. The fourth-order valence-electron chi connectivity index (χ4n) is 2.81. The molecule has 4 rings (SSSR count). The van der Waals surface area contributed by atoms with Crippen LogP contribution in [0.1, 0.15) is 16.7 Å². The molecule has 4 nitrogen and oxygen atoms in total. The molecule has 0 unspecified atom stereocenters. The Bertz CT molecular complexity index is 1140. The molecule has 0 amide bonds. The van der Waals surface area contributed by atoms with E-state index in [1.807, 2.05) is 66.7 Å². The van der Waals surface area contributed by atoms with E-state index in [1.165, 1.54) is 0 Å². The van der Waals surface area contributed by atoms with Crippen LogP contribution < -0.4 is 4.74 Å². The normalized spacial score (nSPS) is 14.6. The van der Waals surface area contributed by atoms with Gasteiger partial charge >= 0.3 is 5.97 Å². The minimum atomic E-state index is -0.456. The van der Waals surface area contributed by atoms with Gasteiger partial charge < -0.3 is 9.47 Å². The molecule has 0 fully saturated rings. The molecule has 1 heterocycles. The van der Waals surface area contributed by atoms with Crippen molar-refractivity contribution < 1.29 is 14.3 Å². The molecule has 3 aromatic rings. The van der Waals surface area contributed by atoms with Gasteiger partial charge in [0.25, 0.3) is 0 Å². The van der Waals surface area contributed by atoms with Gasteiger partial charge in [-0.25, -0.2) is 9.79 Å². The van der Waals surface area contributed by atoms with Crippen molar-refractivity contribution in [3.05, 3.63) is 101 Å². The van der Waals surface area contributed by atoms with E-state index in [4.69, 9.17) is 9.47 Å². The van der Waals surface area contributed by atoms with Crippen LogP contribution >= 0.6 is 61.1 Å². The molecule has 0 bridgehead atoms. The molecule has 0 aromatic heterocycles. The number of halogens is 3. The van der Waals surface area contributed by atoms with Gasteiger partial charge in [0, 0.05) is 10.0 Å². The summed E-state index contributed by atoms with van der Waals surface area (Å²) in [5.74, 6) is 0.684. The number of benzene rings is 3. The third-order valence-corrected chi connectivity index (χ3v) is 6.39. The number of hydrogen-bond donors (Lipinski definition) is 0. The summed E-state index contributed by atoms with van der Waals surface area (Å²) in [6.45, 7) is 0.500. The van der Waals surface area contributed by atoms with E-state index < -0.39 is 5.97 Å². The molecule has 7 heteroatoms. The SMILES string of the molecule is O=C1OC(c2ccc(Br)cc2)=N/C1=C\c1cc(I)c(OCc2ccccc2)c(I)c1. The molecule has 0 spiro atoms. The lowest BCUT2D eigenvalue weighted by Crippen LogP contribution is -2.05. The summed E-state index contributed by atoms with van der Waals surface area (Å²) in [4.78, 5) is 16.7. The quantitative estimate of drug-likeness (QED) is 0.173. The van der Waals surface area contributed by atoms with Crippen LogP contribution in [-0.2, 0) is 16.1 Å². The number of hydrogen-bond acceptors (Lipinski definition) is 4. The fraction of sp³-hybridized carbons (Fsp3) is 0.0435. The highest BCUT2D eigenvalue weighted by Crippen LogP contribution is 2.31. The third-order valence-electron chi connectivity index (χ3n) is 4.26. The van der Waals surface area contributed by atoms with Crippen LogP contribution in [-0.4, -0.2) is 11.9 Å². The number of carbonyl (C=O) groups is 1. The summed E-state index contributed by atoms with van der Waals surface area (Å²) < 4.78 is 14.2. The number of rotatable bonds is 5. The number of carbonyl (C=O) groups excluding carboxylic acids is 1. The summed E-state index contributed by atoms with van der Waals surface area (Å²) in [7, 11) is 0. The first kappa shape index (κ1) is 21.5. The molecule has 0 saturated heterocycles. The van der Waals surface area contributed by atoms with Crippen molar-refractivity contribution in [1.29, 1.82) is 0 Å². The largest absolute Gasteiger partial charge is 0.487 e. The second-order valence-corrected chi connectivity index (χ2v) is 9.67. The van der Waals surface area contributed by atoms with E-state index in [0.717, 1.165) is 34.1 Å². The monoisotopic (exact) mass is 685 g/mol. The van der Waals surface area contributed by atoms with Gasteiger partial charge in [0.2, 0.25) is 5.90 Å². The zero-order valence-corrected chi connectivity index (χ0v) is 21.3. The molecule has 1 aliphatic heterocycles. The van der Waals surface area contributed by atoms with E-state index in [0.29, 0.717) is 12.5 Å². The van der Waals surface area contributed by atoms with Gasteiger partial charge in [-0.15, -0.1) is 0 Å². The lowest BCUT2D eigenvalue weighted by Gasteiger charge is -2.11. The molecule has 0 radical (unpaired) electrons. The van der Waals surface area contributed by atoms with Crippen molar-refractivity contribution >= 4 is 79.1 Å². The van der Waals surface area contributed by atoms with Gasteiger partial charge in [-0.2, -0.15) is 0 Å². The third kappa shape index (κ3) is 5.12. The summed E-state index contributed by atoms with van der Waals surface area (Å²) in [5, 5.41) is 0. The van der Waals surface area contributed by atoms with Crippen LogP contribution in [0.5, 0.6) is 5.75 Å². The van der Waals surface area contributed by atoms with Gasteiger partial charge in [0.1, 0.15) is 12.4 Å². The van der Waals surface area contributed by atoms with Gasteiger partial charge in [0.15, 0.2) is 5.70 Å². The van der Waals surface area contributed by atoms with Gasteiger partial charge in [-0.1, -0.05) is 46.3 Å². The van der Waals surface area contributed by atoms with Crippen LogP contribution in [0.15, 0.2) is 81.9 Å². The van der Waals surface area contributed by atoms with Gasteiger partial charge in [-0.05, 0) is 98.8 Å². The Kier molecular flexibility index (Phi) is 6.89. The van der Waals surface area contributed by atoms with Crippen LogP contribution in [0.3, 0.4) is 0 Å². The van der Waals surface area contributed by atoms with Crippen molar-refractivity contribution in [1.82, 2.24) is 0 Å². The van der Waals surface area contributed by atoms with Crippen molar-refractivity contribution in [2.45, 2.75) is 6.61 Å². The lowest BCUT2D eigenvalue weighted by atomic mass is 10.2. The smallest absolute Gasteiger partial charge is 0.363 e. The maximum Gasteiger partial charge on any atom is 0.363 e. The molecule has 150 valence electrons. The molecular weight excluding hydrogens is 672 g/mol. The number of ether oxygens (including phenoxy) is 2. The van der Waals surface area contributed by atoms with Gasteiger partial charge in [-0.3, -0.25) is 0 Å². The Morgan fingerprint density at radius 2 is 1.67 bits per heavy atom. The number of nitrogens with zero attached hydrogens (tertiary/aromatic N) is 1. The predicted octanol–water partition coefficient (Wildman–Crippen LogP) is 6.58. The Morgan fingerprint density at radius 3 is 2.33 bits per heavy atom. The second kappa shape index (κ2) is 9.61. The van der Waals surface area contributed by atoms with E-state index in [1.54, 1.807) is 6.08 Å². The minimum absolute atomic E-state index is 0.275. The Hall–Kier alpha value is -1.72. The Labute approximate surface area is 209 Å². The van der Waals surface area contributed by atoms with Crippen molar-refractivity contribution in [3.8, 4) is 5.75 Å². The maximum atomic E-state index is 12.3. The van der Waals surface area contributed by atoms with Crippen LogP contribution in [0, 0.1) is 7.14 Å². The average molecular weight is 686 g/mol. The zero-order chi connectivity index (χ0) is 21.1. The van der Waals surface area contributed by atoms with Crippen molar-refractivity contribution in [3.63, 3.8) is 0 Å². The molecule has 0 N–H and O–H groups in total. The summed E-state index contributed by atoms with van der Waals surface area (Å²) in [6, 6.07) is 21.4. The first-order chi connectivity index (χ1) is 14.5. The topological polar surface area (TPSA) is 47.9 Å². The average Bonchev–Trinajstić information content (AvgIpc) is 3.09. The van der Waals surface area contributed by atoms with Crippen LogP contribution in [0.2, 0.25) is 0 Å². The highest BCUT2D eigenvalue weighted by atomic mass is 127. The minimum Gasteiger partial charge on any atom is -0.487 e. The van der Waals surface area contributed by atoms with Crippen molar-refractivity contribution in [2.24, 2.45) is 4.99 Å². The van der Waals surface area contributed by atoms with E-state index in [9.17, 15) is 4.79 Å². The zero-order valence-electron chi connectivity index (χ0n) is 15.4. The van der Waals surface area contributed by atoms with E-state index >= 15 is 0 Å². The number of esters is 1. The molecular formula is C23H14BrI2NO3.